The predicted octanol–water partition coefficient (Wildman–Crippen LogP) is 11.9. The highest BCUT2D eigenvalue weighted by molar-refractivity contribution is 7.47. The third kappa shape index (κ3) is 4.11. The molecule has 0 spiro atoms. The van der Waals surface area contributed by atoms with Crippen molar-refractivity contribution in [3.8, 4) is 0 Å². The summed E-state index contributed by atoms with van der Waals surface area (Å²) in [5.74, 6) is 0. The van der Waals surface area contributed by atoms with Gasteiger partial charge in [-0.2, -0.15) is 0 Å². The Labute approximate surface area is 218 Å². The fourth-order valence-electron chi connectivity index (χ4n) is 5.15. The molecular formula is C30H32S4. The Morgan fingerprint density at radius 1 is 0.471 bits per heavy atom. The van der Waals surface area contributed by atoms with Crippen molar-refractivity contribution in [1.29, 1.82) is 0 Å². The van der Waals surface area contributed by atoms with Crippen molar-refractivity contribution in [3.63, 3.8) is 0 Å². The molecule has 0 N–H and O–H groups in total. The molecule has 4 heteroatoms. The zero-order valence-electron chi connectivity index (χ0n) is 20.2. The molecule has 0 aliphatic heterocycles. The molecule has 2 aromatic carbocycles. The van der Waals surface area contributed by atoms with Crippen LogP contribution in [-0.2, 0) is 12.8 Å². The third-order valence-corrected chi connectivity index (χ3v) is 12.5. The molecule has 0 saturated carbocycles. The topological polar surface area (TPSA) is 0 Å². The van der Waals surface area contributed by atoms with Crippen LogP contribution in [-0.4, -0.2) is 0 Å². The maximum Gasteiger partial charge on any atom is 0.0651 e. The minimum absolute atomic E-state index is 1.22. The van der Waals surface area contributed by atoms with Gasteiger partial charge in [0.1, 0.15) is 0 Å². The van der Waals surface area contributed by atoms with Crippen molar-refractivity contribution in [2.24, 2.45) is 0 Å². The molecule has 0 unspecified atom stereocenters. The van der Waals surface area contributed by atoms with Crippen molar-refractivity contribution in [2.45, 2.75) is 78.1 Å². The van der Waals surface area contributed by atoms with Gasteiger partial charge in [0.15, 0.2) is 0 Å². The molecule has 0 nitrogen and oxygen atoms in total. The molecule has 0 fully saturated rings. The summed E-state index contributed by atoms with van der Waals surface area (Å²) in [4.78, 5) is 0. The summed E-state index contributed by atoms with van der Waals surface area (Å²) in [5.41, 5.74) is 3.02. The van der Waals surface area contributed by atoms with Crippen LogP contribution in [0.15, 0.2) is 36.4 Å². The number of rotatable bonds is 10. The lowest BCUT2D eigenvalue weighted by Gasteiger charge is -2.01. The summed E-state index contributed by atoms with van der Waals surface area (Å²) < 4.78 is 12.1. The predicted molar refractivity (Wildman–Crippen MR) is 161 cm³/mol. The Bertz CT molecular complexity index is 1470. The first-order chi connectivity index (χ1) is 16.8. The summed E-state index contributed by atoms with van der Waals surface area (Å²) >= 11 is 8.11. The SMILES string of the molecule is CCCCCCc1ccc2c(c1)sc1c2sc2c3sc4cc(CCCCCC)ccc4c3sc12. The normalized spacial score (nSPS) is 12.4. The Kier molecular flexibility index (Phi) is 6.68. The highest BCUT2D eigenvalue weighted by Gasteiger charge is 2.19. The van der Waals surface area contributed by atoms with Crippen LogP contribution in [0, 0.1) is 0 Å². The van der Waals surface area contributed by atoms with Crippen molar-refractivity contribution in [2.75, 3.05) is 0 Å². The summed E-state index contributed by atoms with van der Waals surface area (Å²) in [7, 11) is 0. The van der Waals surface area contributed by atoms with E-state index in [-0.39, 0.29) is 0 Å². The van der Waals surface area contributed by atoms with E-state index in [1.54, 1.807) is 0 Å². The van der Waals surface area contributed by atoms with Gasteiger partial charge in [0.2, 0.25) is 0 Å². The van der Waals surface area contributed by atoms with Gasteiger partial charge in [-0.1, -0.05) is 76.6 Å². The molecular weight excluding hydrogens is 489 g/mol. The van der Waals surface area contributed by atoms with E-state index in [4.69, 9.17) is 0 Å². The molecule has 34 heavy (non-hydrogen) atoms. The first-order valence-corrected chi connectivity index (χ1v) is 16.2. The number of hydrogen-bond donors (Lipinski definition) is 0. The Hall–Kier alpha value is -1.46. The number of hydrogen-bond acceptors (Lipinski definition) is 4. The van der Waals surface area contributed by atoms with E-state index in [0.717, 1.165) is 0 Å². The zero-order valence-corrected chi connectivity index (χ0v) is 23.4. The second kappa shape index (κ2) is 9.89. The Balaban J connectivity index is 1.34. The van der Waals surface area contributed by atoms with E-state index >= 15 is 0 Å². The van der Waals surface area contributed by atoms with E-state index in [2.05, 4.69) is 50.2 Å². The van der Waals surface area contributed by atoms with Crippen LogP contribution in [0.4, 0.5) is 0 Å². The largest absolute Gasteiger partial charge is 0.133 e. The van der Waals surface area contributed by atoms with Gasteiger partial charge >= 0.3 is 0 Å². The lowest BCUT2D eigenvalue weighted by Crippen LogP contribution is -1.85. The molecule has 0 atom stereocenters. The van der Waals surface area contributed by atoms with Crippen LogP contribution in [0.3, 0.4) is 0 Å². The smallest absolute Gasteiger partial charge is 0.0651 e. The fraction of sp³-hybridized carbons (Fsp3) is 0.400. The van der Waals surface area contributed by atoms with Crippen LogP contribution in [0.25, 0.3) is 48.4 Å². The minimum atomic E-state index is 1.22. The Morgan fingerprint density at radius 3 is 1.35 bits per heavy atom. The van der Waals surface area contributed by atoms with Crippen molar-refractivity contribution in [1.82, 2.24) is 0 Å². The van der Waals surface area contributed by atoms with Gasteiger partial charge in [-0.25, -0.2) is 0 Å². The number of fused-ring (bicyclic) bond motifs is 9. The van der Waals surface area contributed by atoms with E-state index in [1.165, 1.54) is 124 Å². The second-order valence-corrected chi connectivity index (χ2v) is 13.8. The maximum atomic E-state index is 2.47. The van der Waals surface area contributed by atoms with E-state index in [0.29, 0.717) is 0 Å². The van der Waals surface area contributed by atoms with Gasteiger partial charge in [-0.3, -0.25) is 0 Å². The van der Waals surface area contributed by atoms with Gasteiger partial charge in [0.25, 0.3) is 0 Å². The van der Waals surface area contributed by atoms with E-state index < -0.39 is 0 Å². The van der Waals surface area contributed by atoms with Gasteiger partial charge in [-0.05, 0) is 48.9 Å². The molecule has 6 aromatic rings. The molecule has 4 heterocycles. The van der Waals surface area contributed by atoms with Crippen LogP contribution in [0.2, 0.25) is 0 Å². The summed E-state index contributed by atoms with van der Waals surface area (Å²) in [6, 6.07) is 14.5. The average Bonchev–Trinajstić information content (AvgIpc) is 3.56. The lowest BCUT2D eigenvalue weighted by atomic mass is 10.1. The van der Waals surface area contributed by atoms with Gasteiger partial charge in [-0.15, -0.1) is 45.3 Å². The van der Waals surface area contributed by atoms with Crippen LogP contribution < -0.4 is 0 Å². The van der Waals surface area contributed by atoms with Gasteiger partial charge in [0.05, 0.1) is 28.2 Å². The standard InChI is InChI=1S/C30H32S4/c1-3-5-7-9-11-19-13-15-21-23(17-19)31-27-25(21)33-30-28-26(34-29(27)30)22-16-14-20(18-24(22)32-28)12-10-8-6-4-2/h13-18H,3-12H2,1-2H3. The first kappa shape index (κ1) is 23.0. The molecule has 0 aliphatic rings. The minimum Gasteiger partial charge on any atom is -0.133 e. The summed E-state index contributed by atoms with van der Waals surface area (Å²) in [5, 5.41) is 2.93. The van der Waals surface area contributed by atoms with E-state index in [1.807, 2.05) is 45.3 Å². The second-order valence-electron chi connectivity index (χ2n) is 9.67. The number of benzene rings is 2. The van der Waals surface area contributed by atoms with E-state index in [9.17, 15) is 0 Å². The van der Waals surface area contributed by atoms with Gasteiger partial charge < -0.3 is 0 Å². The first-order valence-electron chi connectivity index (χ1n) is 13.0. The molecule has 6 rings (SSSR count). The molecule has 0 bridgehead atoms. The summed E-state index contributed by atoms with van der Waals surface area (Å²) in [6.45, 7) is 4.57. The molecule has 176 valence electrons. The third-order valence-electron chi connectivity index (χ3n) is 7.08. The van der Waals surface area contributed by atoms with Crippen molar-refractivity contribution < 1.29 is 0 Å². The fourth-order valence-corrected chi connectivity index (χ4v) is 11.2. The number of thiophene rings is 4. The highest BCUT2D eigenvalue weighted by atomic mass is 32.1. The van der Waals surface area contributed by atoms with Crippen LogP contribution >= 0.6 is 45.3 Å². The molecule has 4 aromatic heterocycles. The van der Waals surface area contributed by atoms with Gasteiger partial charge in [0, 0.05) is 20.2 Å². The molecule has 0 amide bonds. The quantitative estimate of drug-likeness (QED) is 0.158. The molecule has 0 saturated heterocycles. The summed E-state index contributed by atoms with van der Waals surface area (Å²) in [6.07, 6.45) is 13.1. The van der Waals surface area contributed by atoms with Crippen LogP contribution in [0.5, 0.6) is 0 Å². The monoisotopic (exact) mass is 520 g/mol. The molecule has 0 radical (unpaired) electrons. The van der Waals surface area contributed by atoms with Crippen molar-refractivity contribution >= 4 is 93.7 Å². The lowest BCUT2D eigenvalue weighted by molar-refractivity contribution is 0.667. The average molecular weight is 521 g/mol. The van der Waals surface area contributed by atoms with Crippen LogP contribution in [0.1, 0.15) is 76.3 Å². The maximum absolute atomic E-state index is 2.47. The van der Waals surface area contributed by atoms with Crippen molar-refractivity contribution in [3.05, 3.63) is 47.5 Å². The zero-order chi connectivity index (χ0) is 23.1. The number of unbranched alkanes of at least 4 members (excludes halogenated alkanes) is 6. The number of aryl methyl sites for hydroxylation is 2. The molecule has 0 aliphatic carbocycles. The highest BCUT2D eigenvalue weighted by Crippen LogP contribution is 2.53. The Morgan fingerprint density at radius 2 is 0.912 bits per heavy atom.